The highest BCUT2D eigenvalue weighted by atomic mass is 16.3. The maximum absolute atomic E-state index is 13.1. The summed E-state index contributed by atoms with van der Waals surface area (Å²) < 4.78 is 5.44. The number of aromatic nitrogens is 1. The number of rotatable bonds is 5. The van der Waals surface area contributed by atoms with Crippen LogP contribution in [0.4, 0.5) is 5.69 Å². The van der Waals surface area contributed by atoms with Crippen LogP contribution in [0.1, 0.15) is 33.6 Å². The van der Waals surface area contributed by atoms with Gasteiger partial charge >= 0.3 is 0 Å². The fourth-order valence-corrected chi connectivity index (χ4v) is 3.84. The zero-order valence-corrected chi connectivity index (χ0v) is 18.4. The Labute approximate surface area is 195 Å². The van der Waals surface area contributed by atoms with E-state index in [0.29, 0.717) is 33.6 Å². The topological polar surface area (TPSA) is 105 Å². The maximum atomic E-state index is 13.1. The molecule has 34 heavy (non-hydrogen) atoms. The van der Waals surface area contributed by atoms with Crippen LogP contribution in [0, 0.1) is 5.92 Å². The van der Waals surface area contributed by atoms with E-state index in [0.717, 1.165) is 12.8 Å². The number of pyridine rings is 1. The van der Waals surface area contributed by atoms with Crippen LogP contribution in [-0.2, 0) is 4.79 Å². The first-order valence-corrected chi connectivity index (χ1v) is 10.9. The van der Waals surface area contributed by atoms with Crippen molar-refractivity contribution in [2.24, 2.45) is 5.92 Å². The van der Waals surface area contributed by atoms with E-state index in [4.69, 9.17) is 4.42 Å². The Balaban J connectivity index is 1.38. The lowest BCUT2D eigenvalue weighted by molar-refractivity contribution is -0.119. The summed E-state index contributed by atoms with van der Waals surface area (Å²) in [5, 5.41) is 0.639. The number of hydrogen-bond acceptors (Lipinski definition) is 5. The van der Waals surface area contributed by atoms with Gasteiger partial charge in [0, 0.05) is 18.4 Å². The quantitative estimate of drug-likeness (QED) is 0.445. The molecule has 0 unspecified atom stereocenters. The average molecular weight is 454 g/mol. The van der Waals surface area contributed by atoms with E-state index in [-0.39, 0.29) is 17.4 Å². The molecule has 0 aliphatic heterocycles. The van der Waals surface area contributed by atoms with Crippen molar-refractivity contribution in [2.45, 2.75) is 12.8 Å². The van der Waals surface area contributed by atoms with Gasteiger partial charge in [0.15, 0.2) is 5.76 Å². The lowest BCUT2D eigenvalue weighted by atomic mass is 10.1. The Morgan fingerprint density at radius 2 is 1.62 bits per heavy atom. The predicted molar refractivity (Wildman–Crippen MR) is 127 cm³/mol. The number of anilines is 1. The van der Waals surface area contributed by atoms with Crippen LogP contribution in [0.2, 0.25) is 0 Å². The second-order valence-electron chi connectivity index (χ2n) is 8.15. The third-order valence-electron chi connectivity index (χ3n) is 5.79. The summed E-state index contributed by atoms with van der Waals surface area (Å²) in [6.07, 6.45) is 3.27. The highest BCUT2D eigenvalue weighted by molar-refractivity contribution is 6.09. The number of benzene rings is 2. The molecule has 5 rings (SSSR count). The van der Waals surface area contributed by atoms with Crippen molar-refractivity contribution < 1.29 is 18.8 Å². The van der Waals surface area contributed by atoms with Crippen molar-refractivity contribution in [2.75, 3.05) is 11.9 Å². The summed E-state index contributed by atoms with van der Waals surface area (Å²) >= 11 is 0. The average Bonchev–Trinajstić information content (AvgIpc) is 3.58. The molecule has 2 heterocycles. The molecular weight excluding hydrogens is 432 g/mol. The van der Waals surface area contributed by atoms with Crippen LogP contribution in [0.5, 0.6) is 0 Å². The van der Waals surface area contributed by atoms with E-state index in [1.54, 1.807) is 61.6 Å². The molecule has 8 heteroatoms. The summed E-state index contributed by atoms with van der Waals surface area (Å²) in [6, 6.07) is 19.2. The Morgan fingerprint density at radius 1 is 0.912 bits per heavy atom. The highest BCUT2D eigenvalue weighted by Gasteiger charge is 2.33. The predicted octanol–water partition coefficient (Wildman–Crippen LogP) is 3.94. The van der Waals surface area contributed by atoms with Gasteiger partial charge in [-0.3, -0.25) is 25.2 Å². The van der Waals surface area contributed by atoms with Crippen LogP contribution < -0.4 is 15.8 Å². The number of nitrogens with zero attached hydrogens (tertiary/aromatic N) is 2. The van der Waals surface area contributed by atoms with Gasteiger partial charge in [0.05, 0.1) is 28.6 Å². The minimum Gasteiger partial charge on any atom is -0.463 e. The molecule has 170 valence electrons. The number of amides is 3. The zero-order valence-electron chi connectivity index (χ0n) is 18.4. The second-order valence-corrected chi connectivity index (χ2v) is 8.15. The smallest absolute Gasteiger partial charge is 0.271 e. The molecule has 1 saturated carbocycles. The molecule has 2 N–H and O–H groups in total. The summed E-state index contributed by atoms with van der Waals surface area (Å²) in [5.74, 6) is -0.494. The van der Waals surface area contributed by atoms with Crippen molar-refractivity contribution in [3.8, 4) is 11.5 Å². The fraction of sp³-hybridized carbons (Fsp3) is 0.154. The summed E-state index contributed by atoms with van der Waals surface area (Å²) in [4.78, 5) is 44.6. The fourth-order valence-electron chi connectivity index (χ4n) is 3.84. The van der Waals surface area contributed by atoms with E-state index in [1.807, 2.05) is 12.1 Å². The first-order chi connectivity index (χ1) is 16.5. The molecule has 2 aromatic heterocycles. The number of hydrogen-bond donors (Lipinski definition) is 2. The molecule has 4 aromatic rings. The number of furan rings is 1. The molecule has 8 nitrogen and oxygen atoms in total. The van der Waals surface area contributed by atoms with E-state index >= 15 is 0 Å². The summed E-state index contributed by atoms with van der Waals surface area (Å²) in [5.41, 5.74) is 7.21. The molecule has 1 aliphatic carbocycles. The third-order valence-corrected chi connectivity index (χ3v) is 5.79. The highest BCUT2D eigenvalue weighted by Crippen LogP contribution is 2.33. The zero-order chi connectivity index (χ0) is 23.7. The number of nitrogens with one attached hydrogen (secondary N) is 2. The molecular formula is C26H22N4O4. The molecule has 1 fully saturated rings. The van der Waals surface area contributed by atoms with Crippen LogP contribution >= 0.6 is 0 Å². The standard InChI is InChI=1S/C26H22N4O4/c1-30(26(33)16-12-13-16)22-10-5-3-8-18(22)24(31)28-29-25(32)19-15-21(23-11-6-14-34-23)27-20-9-4-2-7-17(19)20/h2-11,14-16H,12-13H2,1H3,(H,28,31)(H,29,32). The van der Waals surface area contributed by atoms with E-state index in [9.17, 15) is 14.4 Å². The van der Waals surface area contributed by atoms with Crippen molar-refractivity contribution in [3.05, 3.63) is 84.1 Å². The van der Waals surface area contributed by atoms with Gasteiger partial charge in [-0.1, -0.05) is 30.3 Å². The number of hydrazine groups is 1. The second kappa shape index (κ2) is 8.82. The first-order valence-electron chi connectivity index (χ1n) is 10.9. The van der Waals surface area contributed by atoms with Crippen LogP contribution in [-0.4, -0.2) is 29.8 Å². The van der Waals surface area contributed by atoms with Crippen LogP contribution in [0.3, 0.4) is 0 Å². The van der Waals surface area contributed by atoms with Gasteiger partial charge < -0.3 is 9.32 Å². The van der Waals surface area contributed by atoms with Crippen LogP contribution in [0.15, 0.2) is 77.4 Å². The minimum atomic E-state index is -0.524. The number of fused-ring (bicyclic) bond motifs is 1. The molecule has 0 saturated heterocycles. The number of para-hydroxylation sites is 2. The van der Waals surface area contributed by atoms with Gasteiger partial charge in [-0.2, -0.15) is 0 Å². The monoisotopic (exact) mass is 454 g/mol. The summed E-state index contributed by atoms with van der Waals surface area (Å²) in [7, 11) is 1.66. The van der Waals surface area contributed by atoms with E-state index in [2.05, 4.69) is 15.8 Å². The SMILES string of the molecule is CN(C(=O)C1CC1)c1ccccc1C(=O)NNC(=O)c1cc(-c2ccco2)nc2ccccc12. The van der Waals surface area contributed by atoms with Crippen molar-refractivity contribution in [3.63, 3.8) is 0 Å². The Bertz CT molecular complexity index is 1390. The molecule has 0 atom stereocenters. The van der Waals surface area contributed by atoms with Gasteiger partial charge in [-0.25, -0.2) is 4.98 Å². The molecule has 0 radical (unpaired) electrons. The van der Waals surface area contributed by atoms with Gasteiger partial charge in [-0.05, 0) is 49.2 Å². The maximum Gasteiger partial charge on any atom is 0.271 e. The third kappa shape index (κ3) is 4.13. The van der Waals surface area contributed by atoms with Gasteiger partial charge in [0.25, 0.3) is 11.8 Å². The van der Waals surface area contributed by atoms with E-state index in [1.165, 1.54) is 11.2 Å². The Kier molecular flexibility index (Phi) is 5.55. The number of carbonyl (C=O) groups is 3. The van der Waals surface area contributed by atoms with Gasteiger partial charge in [0.2, 0.25) is 5.91 Å². The molecule has 0 spiro atoms. The van der Waals surface area contributed by atoms with Gasteiger partial charge in [0.1, 0.15) is 5.69 Å². The minimum absolute atomic E-state index is 0.0157. The molecule has 0 bridgehead atoms. The molecule has 2 aromatic carbocycles. The van der Waals surface area contributed by atoms with Crippen molar-refractivity contribution >= 4 is 34.3 Å². The molecule has 3 amide bonds. The largest absolute Gasteiger partial charge is 0.463 e. The number of carbonyl (C=O) groups excluding carboxylic acids is 3. The van der Waals surface area contributed by atoms with E-state index < -0.39 is 11.8 Å². The van der Waals surface area contributed by atoms with Gasteiger partial charge in [-0.15, -0.1) is 0 Å². The lowest BCUT2D eigenvalue weighted by Gasteiger charge is -2.20. The first kappa shape index (κ1) is 21.4. The summed E-state index contributed by atoms with van der Waals surface area (Å²) in [6.45, 7) is 0. The van der Waals surface area contributed by atoms with Crippen LogP contribution in [0.25, 0.3) is 22.4 Å². The Morgan fingerprint density at radius 3 is 2.35 bits per heavy atom. The van der Waals surface area contributed by atoms with Crippen molar-refractivity contribution in [1.29, 1.82) is 0 Å². The lowest BCUT2D eigenvalue weighted by Crippen LogP contribution is -2.42. The normalized spacial score (nSPS) is 12.9. The Hall–Kier alpha value is -4.46. The molecule has 1 aliphatic rings. The van der Waals surface area contributed by atoms with Crippen molar-refractivity contribution in [1.82, 2.24) is 15.8 Å².